The summed E-state index contributed by atoms with van der Waals surface area (Å²) in [5, 5.41) is 0. The summed E-state index contributed by atoms with van der Waals surface area (Å²) in [5.41, 5.74) is 0. The van der Waals surface area contributed by atoms with Crippen molar-refractivity contribution in [3.8, 4) is 0 Å². The Labute approximate surface area is 104 Å². The van der Waals surface area contributed by atoms with E-state index in [-0.39, 0.29) is 24.3 Å². The molecule has 0 rings (SSSR count). The molecule has 4 heteroatoms. The Hall–Kier alpha value is -1.06. The van der Waals surface area contributed by atoms with E-state index in [4.69, 9.17) is 9.47 Å². The highest BCUT2D eigenvalue weighted by Gasteiger charge is 2.21. The van der Waals surface area contributed by atoms with E-state index in [2.05, 4.69) is 6.92 Å². The maximum Gasteiger partial charge on any atom is 0.309 e. The number of carbonyl (C=O) groups excluding carboxylic acids is 2. The molecule has 0 aromatic rings. The Morgan fingerprint density at radius 1 is 1.06 bits per heavy atom. The van der Waals surface area contributed by atoms with Crippen LogP contribution < -0.4 is 0 Å². The number of carbonyl (C=O) groups is 2. The third-order valence-corrected chi connectivity index (χ3v) is 2.54. The highest BCUT2D eigenvalue weighted by molar-refractivity contribution is 5.79. The van der Waals surface area contributed by atoms with Gasteiger partial charge in [-0.25, -0.2) is 0 Å². The third-order valence-electron chi connectivity index (χ3n) is 2.54. The van der Waals surface area contributed by atoms with E-state index in [1.807, 2.05) is 6.92 Å². The van der Waals surface area contributed by atoms with Crippen molar-refractivity contribution in [3.05, 3.63) is 0 Å². The summed E-state index contributed by atoms with van der Waals surface area (Å²) in [4.78, 5) is 22.9. The van der Waals surface area contributed by atoms with Gasteiger partial charge in [-0.05, 0) is 19.8 Å². The third kappa shape index (κ3) is 7.77. The molecule has 0 bridgehead atoms. The van der Waals surface area contributed by atoms with Crippen molar-refractivity contribution in [1.82, 2.24) is 0 Å². The predicted octanol–water partition coefficient (Wildman–Crippen LogP) is 2.70. The minimum atomic E-state index is -0.365. The fourth-order valence-electron chi connectivity index (χ4n) is 1.46. The summed E-state index contributed by atoms with van der Waals surface area (Å²) in [6, 6.07) is 0. The maximum absolute atomic E-state index is 11.6. The highest BCUT2D eigenvalue weighted by atomic mass is 16.5. The van der Waals surface area contributed by atoms with Gasteiger partial charge < -0.3 is 9.47 Å². The number of unbranched alkanes of at least 4 members (excludes halogenated alkanes) is 2. The maximum atomic E-state index is 11.6. The van der Waals surface area contributed by atoms with Crippen molar-refractivity contribution in [1.29, 1.82) is 0 Å². The molecular formula is C13H24O4. The molecule has 0 aromatic carbocycles. The monoisotopic (exact) mass is 244 g/mol. The number of ether oxygens (including phenoxy) is 2. The molecule has 0 spiro atoms. The lowest BCUT2D eigenvalue weighted by molar-refractivity contribution is -0.155. The molecular weight excluding hydrogens is 220 g/mol. The second-order valence-corrected chi connectivity index (χ2v) is 3.99. The van der Waals surface area contributed by atoms with Crippen LogP contribution in [0.5, 0.6) is 0 Å². The van der Waals surface area contributed by atoms with Crippen LogP contribution in [0.2, 0.25) is 0 Å². The van der Waals surface area contributed by atoms with Gasteiger partial charge in [-0.1, -0.05) is 26.7 Å². The van der Waals surface area contributed by atoms with Gasteiger partial charge in [0.2, 0.25) is 0 Å². The molecule has 0 aliphatic rings. The van der Waals surface area contributed by atoms with Gasteiger partial charge in [0.25, 0.3) is 0 Å². The van der Waals surface area contributed by atoms with Gasteiger partial charge in [0.15, 0.2) is 0 Å². The first kappa shape index (κ1) is 15.9. The fraction of sp³-hybridized carbons (Fsp3) is 0.846. The number of hydrogen-bond acceptors (Lipinski definition) is 4. The summed E-state index contributed by atoms with van der Waals surface area (Å²) >= 11 is 0. The molecule has 4 nitrogen and oxygen atoms in total. The van der Waals surface area contributed by atoms with Crippen LogP contribution in [0, 0.1) is 5.92 Å². The summed E-state index contributed by atoms with van der Waals surface area (Å²) in [6.07, 6.45) is 3.76. The lowest BCUT2D eigenvalue weighted by Gasteiger charge is -2.13. The van der Waals surface area contributed by atoms with Crippen molar-refractivity contribution >= 4 is 11.9 Å². The van der Waals surface area contributed by atoms with Crippen LogP contribution in [0.1, 0.15) is 52.9 Å². The van der Waals surface area contributed by atoms with E-state index < -0.39 is 0 Å². The molecule has 0 saturated heterocycles. The average molecular weight is 244 g/mol. The molecule has 0 aliphatic carbocycles. The van der Waals surface area contributed by atoms with Gasteiger partial charge in [0, 0.05) is 0 Å². The summed E-state index contributed by atoms with van der Waals surface area (Å²) < 4.78 is 9.95. The SMILES string of the molecule is CCCCCOC(=O)C(CC)CC(=O)OCC. The van der Waals surface area contributed by atoms with Gasteiger partial charge >= 0.3 is 11.9 Å². The van der Waals surface area contributed by atoms with Crippen LogP contribution >= 0.6 is 0 Å². The Morgan fingerprint density at radius 2 is 1.76 bits per heavy atom. The summed E-state index contributed by atoms with van der Waals surface area (Å²) in [5.74, 6) is -0.975. The van der Waals surface area contributed by atoms with Crippen LogP contribution in [0.4, 0.5) is 0 Å². The van der Waals surface area contributed by atoms with Crippen LogP contribution in [0.15, 0.2) is 0 Å². The van der Waals surface area contributed by atoms with Crippen molar-refractivity contribution in [2.24, 2.45) is 5.92 Å². The fourth-order valence-corrected chi connectivity index (χ4v) is 1.46. The summed E-state index contributed by atoms with van der Waals surface area (Å²) in [7, 11) is 0. The minimum Gasteiger partial charge on any atom is -0.466 e. The summed E-state index contributed by atoms with van der Waals surface area (Å²) in [6.45, 7) is 6.52. The molecule has 0 aliphatic heterocycles. The molecule has 0 aromatic heterocycles. The van der Waals surface area contributed by atoms with E-state index in [1.165, 1.54) is 0 Å². The molecule has 17 heavy (non-hydrogen) atoms. The number of esters is 2. The van der Waals surface area contributed by atoms with Gasteiger partial charge in [-0.2, -0.15) is 0 Å². The van der Waals surface area contributed by atoms with Crippen molar-refractivity contribution in [2.75, 3.05) is 13.2 Å². The standard InChI is InChI=1S/C13H24O4/c1-4-7-8-9-17-13(15)11(5-2)10-12(14)16-6-3/h11H,4-10H2,1-3H3. The number of hydrogen-bond donors (Lipinski definition) is 0. The van der Waals surface area contributed by atoms with Gasteiger partial charge in [0.1, 0.15) is 0 Å². The molecule has 0 saturated carbocycles. The zero-order valence-corrected chi connectivity index (χ0v) is 11.2. The first-order valence-corrected chi connectivity index (χ1v) is 6.47. The van der Waals surface area contributed by atoms with Crippen LogP contribution in [0.25, 0.3) is 0 Å². The van der Waals surface area contributed by atoms with Crippen molar-refractivity contribution < 1.29 is 19.1 Å². The molecule has 0 fully saturated rings. The second-order valence-electron chi connectivity index (χ2n) is 3.99. The zero-order chi connectivity index (χ0) is 13.1. The molecule has 0 N–H and O–H groups in total. The van der Waals surface area contributed by atoms with E-state index in [0.717, 1.165) is 19.3 Å². The normalized spacial score (nSPS) is 11.9. The van der Waals surface area contributed by atoms with Gasteiger partial charge in [0.05, 0.1) is 25.6 Å². The Kier molecular flexibility index (Phi) is 9.49. The van der Waals surface area contributed by atoms with Crippen molar-refractivity contribution in [2.45, 2.75) is 52.9 Å². The van der Waals surface area contributed by atoms with Crippen LogP contribution in [0.3, 0.4) is 0 Å². The van der Waals surface area contributed by atoms with E-state index >= 15 is 0 Å². The minimum absolute atomic E-state index is 0.122. The van der Waals surface area contributed by atoms with E-state index in [1.54, 1.807) is 6.92 Å². The smallest absolute Gasteiger partial charge is 0.309 e. The van der Waals surface area contributed by atoms with Gasteiger partial charge in [-0.3, -0.25) is 9.59 Å². The second kappa shape index (κ2) is 10.1. The Balaban J connectivity index is 3.90. The molecule has 1 atom stereocenters. The van der Waals surface area contributed by atoms with Crippen molar-refractivity contribution in [3.63, 3.8) is 0 Å². The topological polar surface area (TPSA) is 52.6 Å². The lowest BCUT2D eigenvalue weighted by Crippen LogP contribution is -2.22. The Morgan fingerprint density at radius 3 is 2.29 bits per heavy atom. The predicted molar refractivity (Wildman–Crippen MR) is 65.5 cm³/mol. The highest BCUT2D eigenvalue weighted by Crippen LogP contribution is 2.12. The largest absolute Gasteiger partial charge is 0.466 e. The lowest BCUT2D eigenvalue weighted by atomic mass is 10.0. The average Bonchev–Trinajstić information content (AvgIpc) is 2.31. The van der Waals surface area contributed by atoms with E-state index in [9.17, 15) is 9.59 Å². The van der Waals surface area contributed by atoms with Crippen LogP contribution in [-0.4, -0.2) is 25.2 Å². The molecule has 0 amide bonds. The molecule has 1 unspecified atom stereocenters. The molecule has 100 valence electrons. The first-order chi connectivity index (χ1) is 8.15. The quantitative estimate of drug-likeness (QED) is 0.462. The van der Waals surface area contributed by atoms with E-state index in [0.29, 0.717) is 19.6 Å². The Bertz CT molecular complexity index is 225. The van der Waals surface area contributed by atoms with Gasteiger partial charge in [-0.15, -0.1) is 0 Å². The molecule has 0 heterocycles. The zero-order valence-electron chi connectivity index (χ0n) is 11.2. The first-order valence-electron chi connectivity index (χ1n) is 6.47. The molecule has 0 radical (unpaired) electrons. The number of rotatable bonds is 9. The van der Waals surface area contributed by atoms with Crippen LogP contribution in [-0.2, 0) is 19.1 Å².